The Bertz CT molecular complexity index is 802. The monoisotopic (exact) mass is 482 g/mol. The van der Waals surface area contributed by atoms with E-state index >= 15 is 0 Å². The zero-order valence-electron chi connectivity index (χ0n) is 22.1. The number of unbranched alkanes of at least 4 members (excludes halogenated alkanes) is 7. The van der Waals surface area contributed by atoms with Crippen molar-refractivity contribution < 1.29 is 19.1 Å². The first kappa shape index (κ1) is 27.5. The Hall–Kier alpha value is -2.10. The van der Waals surface area contributed by atoms with E-state index in [0.29, 0.717) is 11.3 Å². The van der Waals surface area contributed by atoms with Gasteiger partial charge >= 0.3 is 11.9 Å². The fraction of sp³-hybridized carbons (Fsp3) is 0.677. The van der Waals surface area contributed by atoms with Crippen LogP contribution in [0.15, 0.2) is 30.3 Å². The van der Waals surface area contributed by atoms with Crippen LogP contribution in [0.25, 0.3) is 5.57 Å². The average molecular weight is 483 g/mol. The van der Waals surface area contributed by atoms with Crippen molar-refractivity contribution in [2.24, 2.45) is 11.8 Å². The van der Waals surface area contributed by atoms with Gasteiger partial charge in [0.05, 0.1) is 11.5 Å². The van der Waals surface area contributed by atoms with E-state index in [1.165, 1.54) is 57.8 Å². The molecule has 4 heteroatoms. The normalized spacial score (nSPS) is 22.4. The molecule has 3 rings (SSSR count). The van der Waals surface area contributed by atoms with E-state index < -0.39 is 0 Å². The summed E-state index contributed by atoms with van der Waals surface area (Å²) in [6.45, 7) is 4.45. The lowest BCUT2D eigenvalue weighted by Crippen LogP contribution is -2.25. The van der Waals surface area contributed by atoms with E-state index in [4.69, 9.17) is 9.47 Å². The summed E-state index contributed by atoms with van der Waals surface area (Å²) in [5, 5.41) is 0. The molecule has 0 radical (unpaired) electrons. The summed E-state index contributed by atoms with van der Waals surface area (Å²) < 4.78 is 11.4. The highest BCUT2D eigenvalue weighted by Gasteiger charge is 2.28. The maximum Gasteiger partial charge on any atom is 0.338 e. The van der Waals surface area contributed by atoms with E-state index in [1.54, 1.807) is 12.1 Å². The Morgan fingerprint density at radius 1 is 0.857 bits per heavy atom. The van der Waals surface area contributed by atoms with Crippen molar-refractivity contribution in [3.8, 4) is 5.75 Å². The zero-order valence-corrected chi connectivity index (χ0v) is 22.1. The molecule has 0 unspecified atom stereocenters. The number of ether oxygens (including phenoxy) is 2. The lowest BCUT2D eigenvalue weighted by atomic mass is 9.80. The van der Waals surface area contributed by atoms with E-state index in [-0.39, 0.29) is 24.0 Å². The van der Waals surface area contributed by atoms with Gasteiger partial charge in [0.1, 0.15) is 11.9 Å². The summed E-state index contributed by atoms with van der Waals surface area (Å²) in [5.74, 6) is 0.982. The zero-order chi connectivity index (χ0) is 24.9. The smallest absolute Gasteiger partial charge is 0.338 e. The van der Waals surface area contributed by atoms with E-state index in [9.17, 15) is 9.59 Å². The van der Waals surface area contributed by atoms with Crippen molar-refractivity contribution in [2.75, 3.05) is 0 Å². The summed E-state index contributed by atoms with van der Waals surface area (Å²) in [4.78, 5) is 25.2. The van der Waals surface area contributed by atoms with Gasteiger partial charge in [-0.25, -0.2) is 4.79 Å². The fourth-order valence-corrected chi connectivity index (χ4v) is 5.43. The van der Waals surface area contributed by atoms with Crippen LogP contribution in [-0.4, -0.2) is 18.0 Å². The van der Waals surface area contributed by atoms with Crippen molar-refractivity contribution in [1.29, 1.82) is 0 Å². The Labute approximate surface area is 212 Å². The predicted octanol–water partition coefficient (Wildman–Crippen LogP) is 8.43. The Balaban J connectivity index is 1.40. The number of benzene rings is 1. The van der Waals surface area contributed by atoms with Crippen LogP contribution in [-0.2, 0) is 14.3 Å². The molecule has 1 aliphatic heterocycles. The molecule has 1 aromatic carbocycles. The second-order valence-electron chi connectivity index (χ2n) is 10.6. The number of cyclic esters (lactones) is 1. The van der Waals surface area contributed by atoms with Gasteiger partial charge in [0.25, 0.3) is 0 Å². The maximum atomic E-state index is 12.7. The highest BCUT2D eigenvalue weighted by Crippen LogP contribution is 2.33. The van der Waals surface area contributed by atoms with Gasteiger partial charge in [-0.1, -0.05) is 89.8 Å². The number of hydrogen-bond acceptors (Lipinski definition) is 4. The molecule has 35 heavy (non-hydrogen) atoms. The minimum Gasteiger partial charge on any atom is -0.458 e. The molecule has 0 spiro atoms. The van der Waals surface area contributed by atoms with Gasteiger partial charge in [0, 0.05) is 6.42 Å². The Morgan fingerprint density at radius 2 is 1.49 bits per heavy atom. The van der Waals surface area contributed by atoms with Crippen LogP contribution >= 0.6 is 0 Å². The number of esters is 2. The molecule has 1 fully saturated rings. The van der Waals surface area contributed by atoms with Crippen LogP contribution in [0.4, 0.5) is 0 Å². The molecule has 1 atom stereocenters. The first-order valence-corrected chi connectivity index (χ1v) is 14.3. The van der Waals surface area contributed by atoms with Gasteiger partial charge in [-0.3, -0.25) is 4.79 Å². The topological polar surface area (TPSA) is 52.6 Å². The number of rotatable bonds is 14. The minimum atomic E-state index is -0.247. The number of carbonyl (C=O) groups excluding carboxylic acids is 2. The van der Waals surface area contributed by atoms with Gasteiger partial charge < -0.3 is 9.47 Å². The Morgan fingerprint density at radius 3 is 2.14 bits per heavy atom. The minimum absolute atomic E-state index is 0.000479. The standard InChI is InChI=1S/C31H46O4/c1-3-5-7-9-10-12-24-14-16-26(17-15-24)30(32)34-28-20-18-25(19-21-28)29-23-22-27(35-31(29)33)13-11-8-6-4-2/h18-21,23-24,26-27H,3-17,22H2,1-2H3/t24?,26?,27-/m1/s1. The SMILES string of the molecule is CCCCCCCC1CCC(C(=O)Oc2ccc(C3=CC[C@@H](CCCCCC)OC3=O)cc2)CC1. The largest absolute Gasteiger partial charge is 0.458 e. The molecule has 1 aromatic rings. The first-order valence-electron chi connectivity index (χ1n) is 14.3. The summed E-state index contributed by atoms with van der Waals surface area (Å²) in [6, 6.07) is 7.29. The van der Waals surface area contributed by atoms with Crippen molar-refractivity contribution in [1.82, 2.24) is 0 Å². The van der Waals surface area contributed by atoms with Gasteiger partial charge in [0.15, 0.2) is 0 Å². The predicted molar refractivity (Wildman–Crippen MR) is 142 cm³/mol. The molecule has 0 aromatic heterocycles. The van der Waals surface area contributed by atoms with Crippen LogP contribution in [0.2, 0.25) is 0 Å². The summed E-state index contributed by atoms with van der Waals surface area (Å²) >= 11 is 0. The fourth-order valence-electron chi connectivity index (χ4n) is 5.43. The lowest BCUT2D eigenvalue weighted by Gasteiger charge is -2.27. The van der Waals surface area contributed by atoms with Crippen molar-refractivity contribution >= 4 is 17.5 Å². The molecule has 1 saturated carbocycles. The van der Waals surface area contributed by atoms with Crippen LogP contribution < -0.4 is 4.74 Å². The van der Waals surface area contributed by atoms with Crippen LogP contribution in [0.5, 0.6) is 5.75 Å². The summed E-state index contributed by atoms with van der Waals surface area (Å²) in [7, 11) is 0. The molecular weight excluding hydrogens is 436 g/mol. The van der Waals surface area contributed by atoms with Crippen LogP contribution in [0.1, 0.15) is 122 Å². The van der Waals surface area contributed by atoms with E-state index in [1.807, 2.05) is 18.2 Å². The molecule has 2 aliphatic rings. The molecule has 194 valence electrons. The highest BCUT2D eigenvalue weighted by molar-refractivity contribution is 6.17. The second kappa shape index (κ2) is 15.1. The molecule has 4 nitrogen and oxygen atoms in total. The van der Waals surface area contributed by atoms with Crippen LogP contribution in [0, 0.1) is 11.8 Å². The maximum absolute atomic E-state index is 12.7. The van der Waals surface area contributed by atoms with Crippen molar-refractivity contribution in [2.45, 2.75) is 123 Å². The first-order chi connectivity index (χ1) is 17.1. The average Bonchev–Trinajstić information content (AvgIpc) is 2.87. The third kappa shape index (κ3) is 9.13. The van der Waals surface area contributed by atoms with Gasteiger partial charge in [-0.05, 0) is 62.1 Å². The number of hydrogen-bond donors (Lipinski definition) is 0. The van der Waals surface area contributed by atoms with Gasteiger partial charge in [-0.15, -0.1) is 0 Å². The summed E-state index contributed by atoms with van der Waals surface area (Å²) in [5.41, 5.74) is 1.43. The Kier molecular flexibility index (Phi) is 11.9. The molecule has 1 heterocycles. The second-order valence-corrected chi connectivity index (χ2v) is 10.6. The van der Waals surface area contributed by atoms with Crippen molar-refractivity contribution in [3.05, 3.63) is 35.9 Å². The molecule has 0 amide bonds. The van der Waals surface area contributed by atoms with Gasteiger partial charge in [0.2, 0.25) is 0 Å². The number of carbonyl (C=O) groups is 2. The quantitative estimate of drug-likeness (QED) is 0.152. The highest BCUT2D eigenvalue weighted by atomic mass is 16.5. The van der Waals surface area contributed by atoms with Crippen molar-refractivity contribution in [3.63, 3.8) is 0 Å². The third-order valence-corrected chi connectivity index (χ3v) is 7.74. The van der Waals surface area contributed by atoms with E-state index in [2.05, 4.69) is 13.8 Å². The molecule has 1 aliphatic carbocycles. The summed E-state index contributed by atoms with van der Waals surface area (Å²) in [6.07, 6.45) is 20.6. The molecule has 0 N–H and O–H groups in total. The third-order valence-electron chi connectivity index (χ3n) is 7.74. The van der Waals surface area contributed by atoms with Crippen LogP contribution in [0.3, 0.4) is 0 Å². The molecular formula is C31H46O4. The molecule has 0 saturated heterocycles. The lowest BCUT2D eigenvalue weighted by molar-refractivity contribution is -0.143. The molecule has 0 bridgehead atoms. The van der Waals surface area contributed by atoms with E-state index in [0.717, 1.165) is 56.4 Å². The van der Waals surface area contributed by atoms with Gasteiger partial charge in [-0.2, -0.15) is 0 Å².